The quantitative estimate of drug-likeness (QED) is 0.689. The van der Waals surface area contributed by atoms with Crippen molar-refractivity contribution in [3.05, 3.63) is 75.3 Å². The zero-order valence-electron chi connectivity index (χ0n) is 14.2. The molecule has 0 bridgehead atoms. The number of pyridine rings is 1. The summed E-state index contributed by atoms with van der Waals surface area (Å²) in [6.45, 7) is 3.98. The predicted octanol–water partition coefficient (Wildman–Crippen LogP) is 1.71. The summed E-state index contributed by atoms with van der Waals surface area (Å²) in [5.41, 5.74) is 9.17. The number of amides is 2. The van der Waals surface area contributed by atoms with Gasteiger partial charge in [0.25, 0.3) is 17.4 Å². The molecule has 130 valence electrons. The van der Waals surface area contributed by atoms with Crippen molar-refractivity contribution in [1.29, 1.82) is 0 Å². The highest BCUT2D eigenvalue weighted by atomic mass is 16.2. The minimum atomic E-state index is -0.603. The van der Waals surface area contributed by atoms with E-state index in [-0.39, 0.29) is 16.9 Å². The van der Waals surface area contributed by atoms with Gasteiger partial charge >= 0.3 is 0 Å². The fraction of sp³-hybridized carbons (Fsp3) is 0.105. The lowest BCUT2D eigenvalue weighted by atomic mass is 10.1. The summed E-state index contributed by atoms with van der Waals surface area (Å²) in [5.74, 6) is -1.24. The van der Waals surface area contributed by atoms with Crippen molar-refractivity contribution < 1.29 is 9.59 Å². The molecule has 3 aromatic rings. The van der Waals surface area contributed by atoms with Crippen molar-refractivity contribution in [2.75, 3.05) is 5.73 Å². The minimum Gasteiger partial charge on any atom is -0.384 e. The number of nitrogen functional groups attached to an aromatic ring is 1. The van der Waals surface area contributed by atoms with E-state index in [2.05, 4.69) is 5.32 Å². The Kier molecular flexibility index (Phi) is 3.33. The van der Waals surface area contributed by atoms with Crippen LogP contribution < -0.4 is 16.6 Å². The molecule has 3 heterocycles. The number of carbonyl (C=O) groups is 2. The highest BCUT2D eigenvalue weighted by molar-refractivity contribution is 6.23. The second kappa shape index (κ2) is 5.45. The van der Waals surface area contributed by atoms with Crippen molar-refractivity contribution >= 4 is 17.6 Å². The first kappa shape index (κ1) is 15.9. The number of carbonyl (C=O) groups excluding carboxylic acids is 2. The van der Waals surface area contributed by atoms with Crippen LogP contribution in [-0.4, -0.2) is 20.9 Å². The first-order valence-corrected chi connectivity index (χ1v) is 8.05. The predicted molar refractivity (Wildman–Crippen MR) is 97.0 cm³/mol. The lowest BCUT2D eigenvalue weighted by Crippen LogP contribution is -2.24. The first-order chi connectivity index (χ1) is 12.4. The number of aryl methyl sites for hydroxylation is 2. The summed E-state index contributed by atoms with van der Waals surface area (Å²) < 4.78 is 3.29. The minimum absolute atomic E-state index is 0.0157. The summed E-state index contributed by atoms with van der Waals surface area (Å²) in [6, 6.07) is 12.4. The maximum Gasteiger partial charge on any atom is 0.262 e. The fourth-order valence-electron chi connectivity index (χ4n) is 3.39. The van der Waals surface area contributed by atoms with Crippen LogP contribution >= 0.6 is 0 Å². The third kappa shape index (κ3) is 2.17. The van der Waals surface area contributed by atoms with Gasteiger partial charge in [0.15, 0.2) is 0 Å². The van der Waals surface area contributed by atoms with E-state index in [1.807, 2.05) is 48.7 Å². The number of hydrogen-bond donors (Lipinski definition) is 2. The van der Waals surface area contributed by atoms with Crippen molar-refractivity contribution in [1.82, 2.24) is 14.5 Å². The highest BCUT2D eigenvalue weighted by Crippen LogP contribution is 2.24. The van der Waals surface area contributed by atoms with Crippen LogP contribution in [0.3, 0.4) is 0 Å². The summed E-state index contributed by atoms with van der Waals surface area (Å²) in [6.07, 6.45) is 0. The van der Waals surface area contributed by atoms with Crippen LogP contribution in [0.5, 0.6) is 0 Å². The van der Waals surface area contributed by atoms with Crippen molar-refractivity contribution in [3.63, 3.8) is 0 Å². The second-order valence-electron chi connectivity index (χ2n) is 6.25. The summed E-state index contributed by atoms with van der Waals surface area (Å²) in [7, 11) is 0. The zero-order chi connectivity index (χ0) is 18.6. The highest BCUT2D eigenvalue weighted by Gasteiger charge is 2.31. The van der Waals surface area contributed by atoms with Gasteiger partial charge in [0.05, 0.1) is 16.8 Å². The Morgan fingerprint density at radius 1 is 0.846 bits per heavy atom. The SMILES string of the molecule is Cc1ccc(C)n1-c1cccc(-n2c(N)c3c(cc2=O)C(=O)NC3=O)c1. The topological polar surface area (TPSA) is 99.1 Å². The van der Waals surface area contributed by atoms with E-state index in [0.717, 1.165) is 23.1 Å². The number of benzene rings is 1. The monoisotopic (exact) mass is 348 g/mol. The smallest absolute Gasteiger partial charge is 0.262 e. The number of rotatable bonds is 2. The average molecular weight is 348 g/mol. The normalized spacial score (nSPS) is 13.0. The van der Waals surface area contributed by atoms with Crippen LogP contribution in [0.15, 0.2) is 47.3 Å². The van der Waals surface area contributed by atoms with Gasteiger partial charge in [-0.2, -0.15) is 0 Å². The van der Waals surface area contributed by atoms with Crippen LogP contribution in [0.1, 0.15) is 32.1 Å². The molecule has 0 aliphatic carbocycles. The molecule has 0 fully saturated rings. The Morgan fingerprint density at radius 2 is 1.46 bits per heavy atom. The van der Waals surface area contributed by atoms with Gasteiger partial charge in [0, 0.05) is 23.1 Å². The largest absolute Gasteiger partial charge is 0.384 e. The maximum atomic E-state index is 12.6. The fourth-order valence-corrected chi connectivity index (χ4v) is 3.39. The number of fused-ring (bicyclic) bond motifs is 1. The van der Waals surface area contributed by atoms with Gasteiger partial charge in [-0.25, -0.2) is 0 Å². The molecule has 2 aromatic heterocycles. The van der Waals surface area contributed by atoms with Gasteiger partial charge < -0.3 is 10.3 Å². The third-order valence-corrected chi connectivity index (χ3v) is 4.57. The summed E-state index contributed by atoms with van der Waals surface area (Å²) in [5, 5.41) is 2.16. The van der Waals surface area contributed by atoms with Gasteiger partial charge in [-0.15, -0.1) is 0 Å². The van der Waals surface area contributed by atoms with Crippen molar-refractivity contribution in [3.8, 4) is 11.4 Å². The van der Waals surface area contributed by atoms with Gasteiger partial charge in [-0.3, -0.25) is 24.3 Å². The van der Waals surface area contributed by atoms with E-state index in [1.54, 1.807) is 6.07 Å². The van der Waals surface area contributed by atoms with E-state index in [9.17, 15) is 14.4 Å². The van der Waals surface area contributed by atoms with E-state index < -0.39 is 17.4 Å². The maximum absolute atomic E-state index is 12.6. The van der Waals surface area contributed by atoms with E-state index >= 15 is 0 Å². The van der Waals surface area contributed by atoms with E-state index in [1.165, 1.54) is 4.57 Å². The number of nitrogens with two attached hydrogens (primary N) is 1. The van der Waals surface area contributed by atoms with E-state index in [0.29, 0.717) is 5.69 Å². The number of anilines is 1. The Balaban J connectivity index is 1.95. The zero-order valence-corrected chi connectivity index (χ0v) is 14.2. The Labute approximate surface area is 148 Å². The van der Waals surface area contributed by atoms with Gasteiger partial charge in [-0.05, 0) is 44.2 Å². The van der Waals surface area contributed by atoms with Crippen LogP contribution in [-0.2, 0) is 0 Å². The van der Waals surface area contributed by atoms with Crippen LogP contribution in [0, 0.1) is 13.8 Å². The number of nitrogens with zero attached hydrogens (tertiary/aromatic N) is 2. The molecule has 0 saturated carbocycles. The molecule has 0 saturated heterocycles. The number of aromatic nitrogens is 2. The lowest BCUT2D eigenvalue weighted by Gasteiger charge is -2.15. The molecule has 0 spiro atoms. The molecule has 1 aliphatic rings. The standard InChI is InChI=1S/C19H16N4O3/c1-10-6-7-11(2)22(10)12-4-3-5-13(8-12)23-15(24)9-14-16(17(23)20)19(26)21-18(14)25/h3-9H,20H2,1-2H3,(H,21,25,26). The Hall–Kier alpha value is -3.61. The number of hydrogen-bond acceptors (Lipinski definition) is 4. The van der Waals surface area contributed by atoms with Crippen LogP contribution in [0.4, 0.5) is 5.82 Å². The number of imide groups is 1. The molecule has 3 N–H and O–H groups in total. The van der Waals surface area contributed by atoms with Gasteiger partial charge in [0.1, 0.15) is 5.82 Å². The molecule has 7 nitrogen and oxygen atoms in total. The molecule has 1 aromatic carbocycles. The second-order valence-corrected chi connectivity index (χ2v) is 6.25. The summed E-state index contributed by atoms with van der Waals surface area (Å²) >= 11 is 0. The number of nitrogens with one attached hydrogen (secondary N) is 1. The molecule has 4 rings (SSSR count). The molecular weight excluding hydrogens is 332 g/mol. The molecule has 7 heteroatoms. The first-order valence-electron chi connectivity index (χ1n) is 8.05. The van der Waals surface area contributed by atoms with Gasteiger partial charge in [-0.1, -0.05) is 6.07 Å². The van der Waals surface area contributed by atoms with E-state index in [4.69, 9.17) is 5.73 Å². The molecule has 2 amide bonds. The molecule has 0 atom stereocenters. The van der Waals surface area contributed by atoms with Crippen molar-refractivity contribution in [2.24, 2.45) is 0 Å². The molecule has 26 heavy (non-hydrogen) atoms. The molecule has 0 radical (unpaired) electrons. The lowest BCUT2D eigenvalue weighted by molar-refractivity contribution is 0.0880. The summed E-state index contributed by atoms with van der Waals surface area (Å²) in [4.78, 5) is 36.3. The average Bonchev–Trinajstić information content (AvgIpc) is 3.06. The van der Waals surface area contributed by atoms with Crippen molar-refractivity contribution in [2.45, 2.75) is 13.8 Å². The van der Waals surface area contributed by atoms with Crippen LogP contribution in [0.2, 0.25) is 0 Å². The molecule has 1 aliphatic heterocycles. The third-order valence-electron chi connectivity index (χ3n) is 4.57. The van der Waals surface area contributed by atoms with Gasteiger partial charge in [0.2, 0.25) is 0 Å². The van der Waals surface area contributed by atoms with Crippen LogP contribution in [0.25, 0.3) is 11.4 Å². The Bertz CT molecular complexity index is 1130. The Morgan fingerprint density at radius 3 is 2.12 bits per heavy atom. The molecular formula is C19H16N4O3. The molecule has 0 unspecified atom stereocenters.